The zero-order valence-corrected chi connectivity index (χ0v) is 10.9. The molecule has 0 spiro atoms. The van der Waals surface area contributed by atoms with Crippen LogP contribution in [0.3, 0.4) is 0 Å². The number of halogens is 1. The van der Waals surface area contributed by atoms with Crippen LogP contribution in [0.15, 0.2) is 24.3 Å². The van der Waals surface area contributed by atoms with Crippen LogP contribution in [0, 0.1) is 3.57 Å². The first-order valence-corrected chi connectivity index (χ1v) is 6.52. The molecule has 2 rings (SSSR count). The number of aliphatic hydroxyl groups excluding tert-OH is 1. The van der Waals surface area contributed by atoms with Crippen molar-refractivity contribution >= 4 is 28.3 Å². The molecule has 1 aliphatic rings. The first kappa shape index (κ1) is 11.2. The molecule has 1 aromatic carbocycles. The first-order valence-electron chi connectivity index (χ1n) is 5.44. The molecular weight excluding hydrogens is 301 g/mol. The third kappa shape index (κ3) is 2.64. The second-order valence-electron chi connectivity index (χ2n) is 4.00. The van der Waals surface area contributed by atoms with Crippen molar-refractivity contribution in [2.75, 3.05) is 18.1 Å². The summed E-state index contributed by atoms with van der Waals surface area (Å²) in [7, 11) is 0. The van der Waals surface area contributed by atoms with Gasteiger partial charge >= 0.3 is 0 Å². The summed E-state index contributed by atoms with van der Waals surface area (Å²) in [6.45, 7) is 1.35. The van der Waals surface area contributed by atoms with E-state index in [0.717, 1.165) is 13.0 Å². The van der Waals surface area contributed by atoms with E-state index in [1.807, 2.05) is 0 Å². The van der Waals surface area contributed by atoms with Gasteiger partial charge in [-0.15, -0.1) is 0 Å². The van der Waals surface area contributed by atoms with Gasteiger partial charge in [0.05, 0.1) is 12.6 Å². The van der Waals surface area contributed by atoms with Crippen LogP contribution in [0.5, 0.6) is 0 Å². The Hall–Kier alpha value is -0.290. The molecule has 0 radical (unpaired) electrons. The Bertz CT molecular complexity index is 312. The number of anilines is 1. The smallest absolute Gasteiger partial charge is 0.0635 e. The Morgan fingerprint density at radius 1 is 1.27 bits per heavy atom. The van der Waals surface area contributed by atoms with Gasteiger partial charge in [0.15, 0.2) is 0 Å². The van der Waals surface area contributed by atoms with Crippen molar-refractivity contribution in [1.29, 1.82) is 0 Å². The molecule has 3 heteroatoms. The minimum Gasteiger partial charge on any atom is -0.394 e. The first-order chi connectivity index (χ1) is 7.31. The fraction of sp³-hybridized carbons (Fsp3) is 0.500. The van der Waals surface area contributed by atoms with E-state index in [9.17, 15) is 5.11 Å². The fourth-order valence-electron chi connectivity index (χ4n) is 2.16. The predicted octanol–water partition coefficient (Wildman–Crippen LogP) is 2.64. The number of nitrogens with zero attached hydrogens (tertiary/aromatic N) is 1. The molecule has 0 saturated carbocycles. The monoisotopic (exact) mass is 317 g/mol. The Labute approximate surface area is 104 Å². The minimum absolute atomic E-state index is 0.270. The number of hydrogen-bond acceptors (Lipinski definition) is 2. The summed E-state index contributed by atoms with van der Waals surface area (Å²) in [5, 5.41) is 9.33. The van der Waals surface area contributed by atoms with Gasteiger partial charge in [-0.3, -0.25) is 0 Å². The lowest BCUT2D eigenvalue weighted by Gasteiger charge is -2.36. The number of piperidine rings is 1. The molecule has 0 amide bonds. The SMILES string of the molecule is OCC1CCCCN1c1ccc(I)cc1. The highest BCUT2D eigenvalue weighted by molar-refractivity contribution is 14.1. The van der Waals surface area contributed by atoms with Gasteiger partial charge < -0.3 is 10.0 Å². The maximum Gasteiger partial charge on any atom is 0.0635 e. The molecule has 1 aliphatic heterocycles. The Morgan fingerprint density at radius 2 is 2.00 bits per heavy atom. The zero-order chi connectivity index (χ0) is 10.7. The molecule has 1 atom stereocenters. The normalized spacial score (nSPS) is 21.7. The van der Waals surface area contributed by atoms with Crippen LogP contribution in [-0.2, 0) is 0 Å². The standard InChI is InChI=1S/C12H16INO/c13-10-4-6-11(7-5-10)14-8-2-1-3-12(14)9-15/h4-7,12,15H,1-3,8-9H2. The number of aliphatic hydroxyl groups is 1. The molecule has 0 bridgehead atoms. The maximum atomic E-state index is 9.33. The van der Waals surface area contributed by atoms with Crippen LogP contribution in [0.1, 0.15) is 19.3 Å². The second kappa shape index (κ2) is 5.16. The topological polar surface area (TPSA) is 23.5 Å². The van der Waals surface area contributed by atoms with Crippen LogP contribution in [0.25, 0.3) is 0 Å². The third-order valence-corrected chi connectivity index (χ3v) is 3.72. The largest absolute Gasteiger partial charge is 0.394 e. The van der Waals surface area contributed by atoms with Gasteiger partial charge in [-0.05, 0) is 66.1 Å². The lowest BCUT2D eigenvalue weighted by molar-refractivity contribution is 0.240. The fourth-order valence-corrected chi connectivity index (χ4v) is 2.52. The summed E-state index contributed by atoms with van der Waals surface area (Å²) in [4.78, 5) is 2.33. The molecular formula is C12H16INO. The summed E-state index contributed by atoms with van der Waals surface area (Å²) >= 11 is 2.31. The van der Waals surface area contributed by atoms with Crippen molar-refractivity contribution in [2.24, 2.45) is 0 Å². The van der Waals surface area contributed by atoms with Gasteiger partial charge in [0.2, 0.25) is 0 Å². The van der Waals surface area contributed by atoms with Crippen molar-refractivity contribution in [2.45, 2.75) is 25.3 Å². The predicted molar refractivity (Wildman–Crippen MR) is 71.2 cm³/mol. The van der Waals surface area contributed by atoms with Crippen molar-refractivity contribution in [3.8, 4) is 0 Å². The van der Waals surface area contributed by atoms with Crippen molar-refractivity contribution < 1.29 is 5.11 Å². The average molecular weight is 317 g/mol. The molecule has 1 fully saturated rings. The molecule has 1 saturated heterocycles. The second-order valence-corrected chi connectivity index (χ2v) is 5.25. The summed E-state index contributed by atoms with van der Waals surface area (Å²) < 4.78 is 1.26. The van der Waals surface area contributed by atoms with E-state index >= 15 is 0 Å². The van der Waals surface area contributed by atoms with E-state index in [-0.39, 0.29) is 6.61 Å². The third-order valence-electron chi connectivity index (χ3n) is 3.00. The molecule has 82 valence electrons. The summed E-state index contributed by atoms with van der Waals surface area (Å²) in [5.41, 5.74) is 1.24. The van der Waals surface area contributed by atoms with E-state index < -0.39 is 0 Å². The minimum atomic E-state index is 0.270. The number of hydrogen-bond donors (Lipinski definition) is 1. The number of rotatable bonds is 2. The van der Waals surface area contributed by atoms with Gasteiger partial charge in [-0.2, -0.15) is 0 Å². The van der Waals surface area contributed by atoms with Crippen molar-refractivity contribution in [3.63, 3.8) is 0 Å². The van der Waals surface area contributed by atoms with Gasteiger partial charge in [0.25, 0.3) is 0 Å². The van der Waals surface area contributed by atoms with Gasteiger partial charge in [0.1, 0.15) is 0 Å². The van der Waals surface area contributed by atoms with Gasteiger partial charge in [-0.1, -0.05) is 0 Å². The quantitative estimate of drug-likeness (QED) is 0.848. The number of benzene rings is 1. The van der Waals surface area contributed by atoms with Crippen LogP contribution in [0.2, 0.25) is 0 Å². The Balaban J connectivity index is 2.16. The van der Waals surface area contributed by atoms with Crippen LogP contribution in [0.4, 0.5) is 5.69 Å². The molecule has 15 heavy (non-hydrogen) atoms. The van der Waals surface area contributed by atoms with Crippen LogP contribution >= 0.6 is 22.6 Å². The van der Waals surface area contributed by atoms with E-state index in [4.69, 9.17) is 0 Å². The van der Waals surface area contributed by atoms with Gasteiger partial charge in [-0.25, -0.2) is 0 Å². The van der Waals surface area contributed by atoms with E-state index in [1.165, 1.54) is 22.1 Å². The van der Waals surface area contributed by atoms with Crippen LogP contribution < -0.4 is 4.90 Å². The molecule has 1 N–H and O–H groups in total. The van der Waals surface area contributed by atoms with Crippen LogP contribution in [-0.4, -0.2) is 24.3 Å². The molecule has 1 heterocycles. The molecule has 0 aliphatic carbocycles. The molecule has 0 aromatic heterocycles. The zero-order valence-electron chi connectivity index (χ0n) is 8.69. The Morgan fingerprint density at radius 3 is 2.67 bits per heavy atom. The summed E-state index contributed by atoms with van der Waals surface area (Å²) in [5.74, 6) is 0. The maximum absolute atomic E-state index is 9.33. The highest BCUT2D eigenvalue weighted by atomic mass is 127. The van der Waals surface area contributed by atoms with E-state index in [2.05, 4.69) is 51.8 Å². The molecule has 1 aromatic rings. The lowest BCUT2D eigenvalue weighted by Crippen LogP contribution is -2.41. The van der Waals surface area contributed by atoms with Crippen molar-refractivity contribution in [1.82, 2.24) is 0 Å². The lowest BCUT2D eigenvalue weighted by atomic mass is 10.0. The highest BCUT2D eigenvalue weighted by Crippen LogP contribution is 2.25. The summed E-state index contributed by atoms with van der Waals surface area (Å²) in [6.07, 6.45) is 3.59. The van der Waals surface area contributed by atoms with Crippen molar-refractivity contribution in [3.05, 3.63) is 27.8 Å². The Kier molecular flexibility index (Phi) is 3.86. The summed E-state index contributed by atoms with van der Waals surface area (Å²) in [6, 6.07) is 8.86. The molecule has 1 unspecified atom stereocenters. The van der Waals surface area contributed by atoms with E-state index in [0.29, 0.717) is 6.04 Å². The van der Waals surface area contributed by atoms with E-state index in [1.54, 1.807) is 0 Å². The van der Waals surface area contributed by atoms with Gasteiger partial charge in [0, 0.05) is 15.8 Å². The highest BCUT2D eigenvalue weighted by Gasteiger charge is 2.21. The average Bonchev–Trinajstić information content (AvgIpc) is 2.30. The molecule has 2 nitrogen and oxygen atoms in total.